The van der Waals surface area contributed by atoms with Gasteiger partial charge in [-0.3, -0.25) is 0 Å². The van der Waals surface area contributed by atoms with Crippen molar-refractivity contribution in [1.82, 2.24) is 0 Å². The lowest BCUT2D eigenvalue weighted by molar-refractivity contribution is -0.239. The second kappa shape index (κ2) is 9.38. The fraction of sp³-hybridized carbons (Fsp3) is 0.667. The van der Waals surface area contributed by atoms with Gasteiger partial charge in [-0.2, -0.15) is 0 Å². The van der Waals surface area contributed by atoms with Crippen LogP contribution in [0.15, 0.2) is 23.2 Å². The predicted octanol–water partition coefficient (Wildman–Crippen LogP) is 4.43. The van der Waals surface area contributed by atoms with Gasteiger partial charge in [-0.15, -0.1) is 0 Å². The quantitative estimate of drug-likeness (QED) is 0.591. The van der Waals surface area contributed by atoms with Crippen molar-refractivity contribution in [2.45, 2.75) is 59.8 Å². The number of aliphatic imine (C=N–C) groups is 1. The van der Waals surface area contributed by atoms with Crippen LogP contribution in [-0.4, -0.2) is 25.7 Å². The number of ether oxygens (including phenoxy) is 3. The lowest BCUT2D eigenvalue weighted by atomic mass is 10.00. The molecular weight excluding hydrogens is 328 g/mol. The van der Waals surface area contributed by atoms with E-state index in [0.717, 1.165) is 36.1 Å². The number of hydrogen-bond donors (Lipinski definition) is 1. The van der Waals surface area contributed by atoms with E-state index in [2.05, 4.69) is 39.6 Å². The van der Waals surface area contributed by atoms with E-state index in [9.17, 15) is 0 Å². The highest BCUT2D eigenvalue weighted by Crippen LogP contribution is 2.41. The standard InChI is InChI=1S/C21H34N2O3/c1-6-11-25-21(26-12-7-2)17-9-8-10-18(19(17)20(22)23-21)24-14-16(5)13-15(3)4/h8-10,15-16H,6-7,11-14H2,1-5H3,(H2,22,23). The van der Waals surface area contributed by atoms with Crippen LogP contribution < -0.4 is 10.5 Å². The largest absolute Gasteiger partial charge is 0.493 e. The van der Waals surface area contributed by atoms with Gasteiger partial charge in [0.25, 0.3) is 0 Å². The topological polar surface area (TPSA) is 66.1 Å². The van der Waals surface area contributed by atoms with Crippen LogP contribution in [-0.2, 0) is 15.4 Å². The zero-order valence-electron chi connectivity index (χ0n) is 16.9. The highest BCUT2D eigenvalue weighted by atomic mass is 16.7. The Morgan fingerprint density at radius 1 is 1.08 bits per heavy atom. The molecule has 0 amide bonds. The smallest absolute Gasteiger partial charge is 0.300 e. The molecule has 0 fully saturated rings. The third-order valence-corrected chi connectivity index (χ3v) is 4.29. The molecule has 0 saturated carbocycles. The third kappa shape index (κ3) is 4.77. The summed E-state index contributed by atoms with van der Waals surface area (Å²) in [6.45, 7) is 12.5. The molecule has 1 aliphatic heterocycles. The molecule has 0 aromatic heterocycles. The molecule has 1 aliphatic rings. The summed E-state index contributed by atoms with van der Waals surface area (Å²) in [5.74, 6) is 1.15. The zero-order valence-corrected chi connectivity index (χ0v) is 16.9. The van der Waals surface area contributed by atoms with Crippen molar-refractivity contribution in [3.05, 3.63) is 29.3 Å². The van der Waals surface area contributed by atoms with Gasteiger partial charge in [0.15, 0.2) is 0 Å². The number of fused-ring (bicyclic) bond motifs is 1. The number of hydrogen-bond acceptors (Lipinski definition) is 5. The number of benzene rings is 1. The van der Waals surface area contributed by atoms with E-state index in [-0.39, 0.29) is 0 Å². The van der Waals surface area contributed by atoms with Crippen LogP contribution in [0.5, 0.6) is 5.75 Å². The van der Waals surface area contributed by atoms with Gasteiger partial charge in [0.2, 0.25) is 0 Å². The van der Waals surface area contributed by atoms with Crippen LogP contribution in [0.2, 0.25) is 0 Å². The zero-order chi connectivity index (χ0) is 19.2. The first-order valence-corrected chi connectivity index (χ1v) is 9.83. The van der Waals surface area contributed by atoms with E-state index in [0.29, 0.717) is 37.5 Å². The van der Waals surface area contributed by atoms with Crippen LogP contribution in [0.3, 0.4) is 0 Å². The second-order valence-electron chi connectivity index (χ2n) is 7.50. The molecule has 26 heavy (non-hydrogen) atoms. The Hall–Kier alpha value is -1.59. The Labute approximate surface area is 157 Å². The summed E-state index contributed by atoms with van der Waals surface area (Å²) in [4.78, 5) is 4.57. The minimum Gasteiger partial charge on any atom is -0.493 e. The van der Waals surface area contributed by atoms with E-state index in [1.807, 2.05) is 18.2 Å². The van der Waals surface area contributed by atoms with Crippen molar-refractivity contribution >= 4 is 5.84 Å². The van der Waals surface area contributed by atoms with Crippen molar-refractivity contribution in [2.75, 3.05) is 19.8 Å². The van der Waals surface area contributed by atoms with Gasteiger partial charge in [0.1, 0.15) is 11.6 Å². The summed E-state index contributed by atoms with van der Waals surface area (Å²) in [5.41, 5.74) is 7.90. The number of rotatable bonds is 11. The first kappa shape index (κ1) is 20.7. The predicted molar refractivity (Wildman–Crippen MR) is 105 cm³/mol. The molecule has 0 saturated heterocycles. The summed E-state index contributed by atoms with van der Waals surface area (Å²) in [7, 11) is 0. The average molecular weight is 363 g/mol. The maximum absolute atomic E-state index is 6.26. The summed E-state index contributed by atoms with van der Waals surface area (Å²) in [6.07, 6.45) is 2.89. The molecule has 2 N–H and O–H groups in total. The molecular formula is C21H34N2O3. The summed E-state index contributed by atoms with van der Waals surface area (Å²) in [6, 6.07) is 5.86. The maximum atomic E-state index is 6.26. The average Bonchev–Trinajstić information content (AvgIpc) is 2.89. The van der Waals surface area contributed by atoms with E-state index >= 15 is 0 Å². The molecule has 1 atom stereocenters. The van der Waals surface area contributed by atoms with E-state index in [4.69, 9.17) is 19.9 Å². The van der Waals surface area contributed by atoms with Crippen molar-refractivity contribution in [1.29, 1.82) is 0 Å². The van der Waals surface area contributed by atoms with Gasteiger partial charge in [0, 0.05) is 0 Å². The molecule has 1 aromatic rings. The van der Waals surface area contributed by atoms with Crippen molar-refractivity contribution in [3.63, 3.8) is 0 Å². The lowest BCUT2D eigenvalue weighted by Gasteiger charge is -2.27. The molecule has 1 unspecified atom stereocenters. The number of nitrogens with two attached hydrogens (primary N) is 1. The highest BCUT2D eigenvalue weighted by Gasteiger charge is 2.43. The van der Waals surface area contributed by atoms with Crippen LogP contribution in [0.4, 0.5) is 0 Å². The fourth-order valence-corrected chi connectivity index (χ4v) is 3.30. The molecule has 5 heteroatoms. The fourth-order valence-electron chi connectivity index (χ4n) is 3.30. The Balaban J connectivity index is 2.26. The van der Waals surface area contributed by atoms with Gasteiger partial charge in [-0.05, 0) is 37.2 Å². The monoisotopic (exact) mass is 362 g/mol. The van der Waals surface area contributed by atoms with Gasteiger partial charge in [-0.1, -0.05) is 46.8 Å². The van der Waals surface area contributed by atoms with E-state index < -0.39 is 5.91 Å². The van der Waals surface area contributed by atoms with Crippen molar-refractivity contribution in [3.8, 4) is 5.75 Å². The molecule has 146 valence electrons. The summed E-state index contributed by atoms with van der Waals surface area (Å²) in [5, 5.41) is 0. The van der Waals surface area contributed by atoms with Crippen molar-refractivity contribution in [2.24, 2.45) is 22.6 Å². The molecule has 0 spiro atoms. The SMILES string of the molecule is CCCOC1(OCCC)N=C(N)c2c(OCC(C)CC(C)C)cccc21. The Bertz CT molecular complexity index is 605. The van der Waals surface area contributed by atoms with Crippen LogP contribution in [0.25, 0.3) is 0 Å². The van der Waals surface area contributed by atoms with Crippen LogP contribution in [0.1, 0.15) is 65.0 Å². The molecule has 1 aromatic carbocycles. The number of amidine groups is 1. The summed E-state index contributed by atoms with van der Waals surface area (Å²) >= 11 is 0. The minimum absolute atomic E-state index is 0.416. The normalized spacial score (nSPS) is 16.5. The van der Waals surface area contributed by atoms with Crippen LogP contribution >= 0.6 is 0 Å². The first-order chi connectivity index (χ1) is 12.4. The van der Waals surface area contributed by atoms with Gasteiger partial charge in [-0.25, -0.2) is 4.99 Å². The second-order valence-corrected chi connectivity index (χ2v) is 7.50. The summed E-state index contributed by atoms with van der Waals surface area (Å²) < 4.78 is 18.2. The number of nitrogens with zero attached hydrogens (tertiary/aromatic N) is 1. The lowest BCUT2D eigenvalue weighted by Crippen LogP contribution is -2.30. The van der Waals surface area contributed by atoms with Crippen molar-refractivity contribution < 1.29 is 14.2 Å². The van der Waals surface area contributed by atoms with Crippen LogP contribution in [0, 0.1) is 11.8 Å². The molecule has 0 bridgehead atoms. The third-order valence-electron chi connectivity index (χ3n) is 4.29. The molecule has 1 heterocycles. The van der Waals surface area contributed by atoms with Gasteiger partial charge < -0.3 is 19.9 Å². The first-order valence-electron chi connectivity index (χ1n) is 9.83. The van der Waals surface area contributed by atoms with E-state index in [1.165, 1.54) is 0 Å². The Kier molecular flexibility index (Phi) is 7.47. The van der Waals surface area contributed by atoms with Gasteiger partial charge >= 0.3 is 5.91 Å². The molecule has 5 nitrogen and oxygen atoms in total. The highest BCUT2D eigenvalue weighted by molar-refractivity contribution is 6.04. The van der Waals surface area contributed by atoms with Gasteiger partial charge in [0.05, 0.1) is 30.9 Å². The molecule has 2 rings (SSSR count). The minimum atomic E-state index is -1.14. The maximum Gasteiger partial charge on any atom is 0.300 e. The Morgan fingerprint density at radius 2 is 1.73 bits per heavy atom. The van der Waals surface area contributed by atoms with E-state index in [1.54, 1.807) is 0 Å². The Morgan fingerprint density at radius 3 is 2.31 bits per heavy atom. The molecule has 0 aliphatic carbocycles. The molecule has 0 radical (unpaired) electrons.